The average molecular weight is 445 g/mol. The van der Waals surface area contributed by atoms with E-state index in [9.17, 15) is 14.9 Å². The largest absolute Gasteiger partial charge is 0.493 e. The molecule has 0 aromatic heterocycles. The predicted molar refractivity (Wildman–Crippen MR) is 117 cm³/mol. The number of esters is 1. The molecule has 0 saturated carbocycles. The molecule has 0 radical (unpaired) electrons. The van der Waals surface area contributed by atoms with Crippen molar-refractivity contribution in [2.24, 2.45) is 4.99 Å². The van der Waals surface area contributed by atoms with Crippen molar-refractivity contribution >= 4 is 35.2 Å². The first-order valence-electron chi connectivity index (χ1n) is 9.79. The van der Waals surface area contributed by atoms with Gasteiger partial charge in [-0.2, -0.15) is 0 Å². The van der Waals surface area contributed by atoms with Crippen LogP contribution >= 0.6 is 11.6 Å². The summed E-state index contributed by atoms with van der Waals surface area (Å²) in [7, 11) is 0. The molecular formula is C22H21ClN2O6. The van der Waals surface area contributed by atoms with Crippen LogP contribution in [0.2, 0.25) is 5.02 Å². The molecule has 2 aromatic rings. The van der Waals surface area contributed by atoms with Crippen molar-refractivity contribution in [3.05, 3.63) is 68.4 Å². The molecule has 2 aromatic carbocycles. The van der Waals surface area contributed by atoms with E-state index in [4.69, 9.17) is 25.8 Å². The quantitative estimate of drug-likeness (QED) is 0.229. The van der Waals surface area contributed by atoms with E-state index in [1.807, 2.05) is 13.8 Å². The summed E-state index contributed by atoms with van der Waals surface area (Å²) in [5.41, 5.74) is 0.823. The summed E-state index contributed by atoms with van der Waals surface area (Å²) in [6, 6.07) is 9.19. The Morgan fingerprint density at radius 1 is 1.13 bits per heavy atom. The molecule has 9 heteroatoms. The van der Waals surface area contributed by atoms with E-state index in [1.54, 1.807) is 24.3 Å². The average Bonchev–Trinajstić information content (AvgIpc) is 3.11. The van der Waals surface area contributed by atoms with Crippen LogP contribution in [0.1, 0.15) is 37.8 Å². The second-order valence-corrected chi connectivity index (χ2v) is 7.06. The van der Waals surface area contributed by atoms with Gasteiger partial charge >= 0.3 is 5.97 Å². The van der Waals surface area contributed by atoms with Gasteiger partial charge in [0.15, 0.2) is 5.70 Å². The molecule has 1 aliphatic heterocycles. The van der Waals surface area contributed by atoms with E-state index in [0.717, 1.165) is 12.8 Å². The number of nitrogens with zero attached hydrogens (tertiary/aromatic N) is 2. The van der Waals surface area contributed by atoms with Gasteiger partial charge in [-0.1, -0.05) is 25.4 Å². The molecule has 0 atom stereocenters. The topological polar surface area (TPSA) is 100 Å². The Morgan fingerprint density at radius 3 is 2.55 bits per heavy atom. The van der Waals surface area contributed by atoms with Crippen molar-refractivity contribution in [1.29, 1.82) is 0 Å². The van der Waals surface area contributed by atoms with Gasteiger partial charge in [-0.25, -0.2) is 9.79 Å². The lowest BCUT2D eigenvalue weighted by atomic mass is 10.1. The molecule has 0 unspecified atom stereocenters. The molecule has 3 rings (SSSR count). The lowest BCUT2D eigenvalue weighted by Gasteiger charge is -2.11. The number of hydrogen-bond donors (Lipinski definition) is 0. The van der Waals surface area contributed by atoms with Gasteiger partial charge in [-0.05, 0) is 37.1 Å². The van der Waals surface area contributed by atoms with E-state index in [1.165, 1.54) is 18.2 Å². The van der Waals surface area contributed by atoms with Gasteiger partial charge in [0.1, 0.15) is 11.5 Å². The highest BCUT2D eigenvalue weighted by Crippen LogP contribution is 2.30. The Labute approximate surface area is 184 Å². The second kappa shape index (κ2) is 10.1. The number of halogens is 1. The summed E-state index contributed by atoms with van der Waals surface area (Å²) in [5.74, 6) is 0.561. The fraction of sp³-hybridized carbons (Fsp3) is 0.273. The van der Waals surface area contributed by atoms with Gasteiger partial charge in [0.2, 0.25) is 5.90 Å². The van der Waals surface area contributed by atoms with Gasteiger partial charge in [-0.15, -0.1) is 0 Å². The Bertz CT molecular complexity index is 1060. The molecule has 0 fully saturated rings. The number of carbonyl (C=O) groups is 1. The highest BCUT2D eigenvalue weighted by molar-refractivity contribution is 6.34. The number of cyclic esters (lactones) is 1. The zero-order valence-electron chi connectivity index (χ0n) is 17.1. The van der Waals surface area contributed by atoms with E-state index in [-0.39, 0.29) is 27.9 Å². The van der Waals surface area contributed by atoms with Crippen LogP contribution in [0, 0.1) is 10.1 Å². The fourth-order valence-corrected chi connectivity index (χ4v) is 3.00. The highest BCUT2D eigenvalue weighted by atomic mass is 35.5. The van der Waals surface area contributed by atoms with Gasteiger partial charge in [0.25, 0.3) is 5.69 Å². The number of rotatable bonds is 9. The lowest BCUT2D eigenvalue weighted by Crippen LogP contribution is -2.06. The number of hydrogen-bond acceptors (Lipinski definition) is 7. The first-order chi connectivity index (χ1) is 14.9. The van der Waals surface area contributed by atoms with Gasteiger partial charge in [-0.3, -0.25) is 10.1 Å². The van der Waals surface area contributed by atoms with Crippen LogP contribution in [0.4, 0.5) is 5.69 Å². The summed E-state index contributed by atoms with van der Waals surface area (Å²) < 4.78 is 16.7. The third kappa shape index (κ3) is 5.40. The fourth-order valence-electron chi connectivity index (χ4n) is 2.74. The standard InChI is InChI=1S/C22H21ClN2O6/c1-3-9-29-16-7-5-14(20(13-16)30-10-4-2)11-19-22(26)31-21(24-19)17-8-6-15(25(27)28)12-18(17)23/h5-8,11-13H,3-4,9-10H2,1-2H3. The minimum absolute atomic E-state index is 0.0185. The van der Waals surface area contributed by atoms with Crippen LogP contribution in [-0.4, -0.2) is 30.0 Å². The SMILES string of the molecule is CCCOc1ccc(C=C2N=C(c3ccc([N+](=O)[O-])cc3Cl)OC2=O)c(OCCC)c1. The minimum atomic E-state index is -0.655. The predicted octanol–water partition coefficient (Wildman–Crippen LogP) is 5.17. The normalized spacial score (nSPS) is 14.4. The maximum Gasteiger partial charge on any atom is 0.363 e. The second-order valence-electron chi connectivity index (χ2n) is 6.65. The first-order valence-corrected chi connectivity index (χ1v) is 10.2. The minimum Gasteiger partial charge on any atom is -0.493 e. The number of nitro groups is 1. The number of benzene rings is 2. The van der Waals surface area contributed by atoms with E-state index >= 15 is 0 Å². The van der Waals surface area contributed by atoms with E-state index < -0.39 is 10.9 Å². The maximum absolute atomic E-state index is 12.4. The molecule has 1 aliphatic rings. The molecule has 0 aliphatic carbocycles. The first kappa shape index (κ1) is 22.3. The zero-order valence-corrected chi connectivity index (χ0v) is 17.8. The Hall–Kier alpha value is -3.39. The summed E-state index contributed by atoms with van der Waals surface area (Å²) in [4.78, 5) is 26.9. The highest BCUT2D eigenvalue weighted by Gasteiger charge is 2.27. The van der Waals surface area contributed by atoms with Crippen LogP contribution in [0.25, 0.3) is 6.08 Å². The van der Waals surface area contributed by atoms with Crippen molar-refractivity contribution in [1.82, 2.24) is 0 Å². The van der Waals surface area contributed by atoms with E-state index in [2.05, 4.69) is 4.99 Å². The molecule has 1 heterocycles. The zero-order chi connectivity index (χ0) is 22.4. The number of aliphatic imine (C=N–C) groups is 1. The Kier molecular flexibility index (Phi) is 7.25. The third-order valence-electron chi connectivity index (χ3n) is 4.23. The number of non-ortho nitro benzene ring substituents is 1. The molecular weight excluding hydrogens is 424 g/mol. The Morgan fingerprint density at radius 2 is 1.87 bits per heavy atom. The lowest BCUT2D eigenvalue weighted by molar-refractivity contribution is -0.384. The maximum atomic E-state index is 12.4. The molecule has 31 heavy (non-hydrogen) atoms. The third-order valence-corrected chi connectivity index (χ3v) is 4.54. The molecule has 0 spiro atoms. The molecule has 162 valence electrons. The van der Waals surface area contributed by atoms with Crippen molar-refractivity contribution in [3.8, 4) is 11.5 Å². The number of ether oxygens (including phenoxy) is 3. The van der Waals surface area contributed by atoms with Gasteiger partial charge < -0.3 is 14.2 Å². The van der Waals surface area contributed by atoms with Crippen molar-refractivity contribution in [2.45, 2.75) is 26.7 Å². The van der Waals surface area contributed by atoms with Crippen LogP contribution < -0.4 is 9.47 Å². The molecule has 0 saturated heterocycles. The van der Waals surface area contributed by atoms with Gasteiger partial charge in [0, 0.05) is 23.8 Å². The smallest absolute Gasteiger partial charge is 0.363 e. The van der Waals surface area contributed by atoms with Gasteiger partial charge in [0.05, 0.1) is 28.7 Å². The number of nitro benzene ring substituents is 1. The monoisotopic (exact) mass is 444 g/mol. The molecule has 0 N–H and O–H groups in total. The summed E-state index contributed by atoms with van der Waals surface area (Å²) in [6.45, 7) is 5.11. The molecule has 0 bridgehead atoms. The molecule has 8 nitrogen and oxygen atoms in total. The number of carbonyl (C=O) groups excluding carboxylic acids is 1. The summed E-state index contributed by atoms with van der Waals surface area (Å²) in [5, 5.41) is 10.9. The molecule has 0 amide bonds. The van der Waals surface area contributed by atoms with Crippen molar-refractivity contribution < 1.29 is 23.9 Å². The van der Waals surface area contributed by atoms with Crippen LogP contribution in [0.15, 0.2) is 47.1 Å². The van der Waals surface area contributed by atoms with Crippen molar-refractivity contribution in [3.63, 3.8) is 0 Å². The summed E-state index contributed by atoms with van der Waals surface area (Å²) >= 11 is 6.12. The Balaban J connectivity index is 1.93. The van der Waals surface area contributed by atoms with Crippen molar-refractivity contribution in [2.75, 3.05) is 13.2 Å². The van der Waals surface area contributed by atoms with Crippen LogP contribution in [0.3, 0.4) is 0 Å². The van der Waals surface area contributed by atoms with Crippen LogP contribution in [-0.2, 0) is 9.53 Å². The van der Waals surface area contributed by atoms with E-state index in [0.29, 0.717) is 30.3 Å². The summed E-state index contributed by atoms with van der Waals surface area (Å²) in [6.07, 6.45) is 3.26. The van der Waals surface area contributed by atoms with Crippen LogP contribution in [0.5, 0.6) is 11.5 Å².